The number of halogens is 1. The lowest BCUT2D eigenvalue weighted by molar-refractivity contribution is -0.139. The molecule has 0 spiro atoms. The maximum Gasteiger partial charge on any atom is 0.326 e. The molecular formula is C24H26ClN9O2. The van der Waals surface area contributed by atoms with Gasteiger partial charge in [-0.05, 0) is 18.6 Å². The number of rotatable bonds is 5. The van der Waals surface area contributed by atoms with Gasteiger partial charge in [0.2, 0.25) is 5.91 Å². The van der Waals surface area contributed by atoms with E-state index in [4.69, 9.17) is 32.8 Å². The second kappa shape index (κ2) is 8.84. The number of amides is 1. The number of nitrogens with one attached hydrogen (secondary N) is 1. The minimum absolute atomic E-state index is 0.0256. The molecule has 36 heavy (non-hydrogen) atoms. The first kappa shape index (κ1) is 22.9. The van der Waals surface area contributed by atoms with Crippen LogP contribution in [-0.2, 0) is 11.2 Å². The number of hydrogen-bond donors (Lipinski definition) is 3. The number of carbonyl (C=O) groups is 1. The van der Waals surface area contributed by atoms with Crippen molar-refractivity contribution < 1.29 is 9.53 Å². The first-order chi connectivity index (χ1) is 17.4. The Morgan fingerprint density at radius 1 is 1.19 bits per heavy atom. The van der Waals surface area contributed by atoms with Gasteiger partial charge in [-0.15, -0.1) is 0 Å². The molecule has 6 heterocycles. The second-order valence-electron chi connectivity index (χ2n) is 9.32. The highest BCUT2D eigenvalue weighted by molar-refractivity contribution is 6.37. The zero-order chi connectivity index (χ0) is 25.0. The highest BCUT2D eigenvalue weighted by atomic mass is 35.5. The van der Waals surface area contributed by atoms with Crippen molar-refractivity contribution in [2.75, 3.05) is 31.1 Å². The fraction of sp³-hybridized carbons (Fsp3) is 0.375. The Hall–Kier alpha value is -3.54. The number of fused-ring (bicyclic) bond motifs is 2. The lowest BCUT2D eigenvalue weighted by Gasteiger charge is -2.38. The van der Waals surface area contributed by atoms with Crippen molar-refractivity contribution in [2.24, 2.45) is 17.4 Å². The first-order valence-corrected chi connectivity index (χ1v) is 12.3. The fourth-order valence-electron chi connectivity index (χ4n) is 4.87. The number of nitrogens with zero attached hydrogens (tertiary/aromatic N) is 6. The van der Waals surface area contributed by atoms with Gasteiger partial charge >= 0.3 is 6.01 Å². The summed E-state index contributed by atoms with van der Waals surface area (Å²) in [7, 11) is 0. The zero-order valence-corrected chi connectivity index (χ0v) is 20.4. The van der Waals surface area contributed by atoms with E-state index in [0.717, 1.165) is 11.2 Å². The normalized spacial score (nSPS) is 20.3. The number of hydrogen-bond acceptors (Lipinski definition) is 9. The van der Waals surface area contributed by atoms with Crippen molar-refractivity contribution in [2.45, 2.75) is 25.4 Å². The average molecular weight is 508 g/mol. The summed E-state index contributed by atoms with van der Waals surface area (Å²) in [6, 6.07) is 5.31. The molecule has 2 atom stereocenters. The smallest absolute Gasteiger partial charge is 0.326 e. The highest BCUT2D eigenvalue weighted by Crippen LogP contribution is 2.38. The number of nitrogens with two attached hydrogens (primary N) is 2. The number of ether oxygens (including phenoxy) is 1. The molecule has 2 fully saturated rings. The van der Waals surface area contributed by atoms with Gasteiger partial charge in [-0.3, -0.25) is 14.8 Å². The Morgan fingerprint density at radius 3 is 2.81 bits per heavy atom. The molecule has 4 aromatic rings. The summed E-state index contributed by atoms with van der Waals surface area (Å²) in [5.41, 5.74) is 15.2. The Kier molecular flexibility index (Phi) is 5.62. The van der Waals surface area contributed by atoms with Crippen LogP contribution in [0.15, 0.2) is 30.6 Å². The van der Waals surface area contributed by atoms with Gasteiger partial charge in [0.05, 0.1) is 33.6 Å². The van der Waals surface area contributed by atoms with Crippen LogP contribution in [0.4, 0.5) is 5.82 Å². The fourth-order valence-corrected chi connectivity index (χ4v) is 5.23. The highest BCUT2D eigenvalue weighted by Gasteiger charge is 2.41. The number of carbonyl (C=O) groups excluding carboxylic acids is 1. The molecule has 0 aliphatic carbocycles. The van der Waals surface area contributed by atoms with Crippen LogP contribution in [0.1, 0.15) is 12.6 Å². The van der Waals surface area contributed by atoms with Gasteiger partial charge in [0.25, 0.3) is 0 Å². The van der Waals surface area contributed by atoms with E-state index < -0.39 is 0 Å². The van der Waals surface area contributed by atoms with E-state index in [1.165, 1.54) is 0 Å². The molecule has 4 aromatic heterocycles. The SMILES string of the molecule is CCc1[nH]c2nc(Oc3cnc4cccnc4c3)nc(N3C[C@H](N)[C@H](C(=O)N4CC(N)C4)C3)c2c1Cl. The Morgan fingerprint density at radius 2 is 2.03 bits per heavy atom. The molecule has 5 N–H and O–H groups in total. The Bertz CT molecular complexity index is 1470. The molecule has 0 unspecified atom stereocenters. The van der Waals surface area contributed by atoms with Crippen LogP contribution in [0.25, 0.3) is 22.1 Å². The number of aromatic amines is 1. The summed E-state index contributed by atoms with van der Waals surface area (Å²) in [6.07, 6.45) is 4.00. The zero-order valence-electron chi connectivity index (χ0n) is 19.7. The molecule has 6 rings (SSSR count). The van der Waals surface area contributed by atoms with Gasteiger partial charge in [-0.2, -0.15) is 9.97 Å². The third-order valence-corrected chi connectivity index (χ3v) is 7.23. The maximum atomic E-state index is 13.0. The van der Waals surface area contributed by atoms with E-state index in [0.29, 0.717) is 65.7 Å². The van der Waals surface area contributed by atoms with Crippen molar-refractivity contribution in [3.8, 4) is 11.8 Å². The predicted octanol–water partition coefficient (Wildman–Crippen LogP) is 1.84. The summed E-state index contributed by atoms with van der Waals surface area (Å²) < 4.78 is 6.02. The summed E-state index contributed by atoms with van der Waals surface area (Å²) in [5.74, 6) is 0.706. The summed E-state index contributed by atoms with van der Waals surface area (Å²) >= 11 is 6.73. The molecule has 0 aromatic carbocycles. The monoisotopic (exact) mass is 507 g/mol. The lowest BCUT2D eigenvalue weighted by atomic mass is 9.99. The largest absolute Gasteiger partial charge is 0.422 e. The maximum absolute atomic E-state index is 13.0. The van der Waals surface area contributed by atoms with Crippen LogP contribution in [0.3, 0.4) is 0 Å². The minimum Gasteiger partial charge on any atom is -0.422 e. The number of pyridine rings is 2. The Balaban J connectivity index is 1.36. The van der Waals surface area contributed by atoms with Gasteiger partial charge in [0, 0.05) is 56.2 Å². The van der Waals surface area contributed by atoms with Crippen LogP contribution in [0.2, 0.25) is 5.02 Å². The molecule has 186 valence electrons. The lowest BCUT2D eigenvalue weighted by Crippen LogP contribution is -2.60. The second-order valence-corrected chi connectivity index (χ2v) is 9.70. The molecule has 2 aliphatic rings. The summed E-state index contributed by atoms with van der Waals surface area (Å²) in [5, 5.41) is 1.24. The van der Waals surface area contributed by atoms with Gasteiger partial charge in [0.1, 0.15) is 11.5 Å². The Labute approximate surface area is 211 Å². The molecule has 12 heteroatoms. The van der Waals surface area contributed by atoms with Gasteiger partial charge < -0.3 is 31.0 Å². The van der Waals surface area contributed by atoms with Crippen molar-refractivity contribution in [1.82, 2.24) is 29.8 Å². The van der Waals surface area contributed by atoms with Gasteiger partial charge in [0.15, 0.2) is 5.75 Å². The third kappa shape index (κ3) is 3.89. The third-order valence-electron chi connectivity index (χ3n) is 6.82. The van der Waals surface area contributed by atoms with Crippen molar-refractivity contribution >= 4 is 45.4 Å². The summed E-state index contributed by atoms with van der Waals surface area (Å²) in [6.45, 7) is 4.01. The topological polar surface area (TPSA) is 152 Å². The van der Waals surface area contributed by atoms with E-state index in [9.17, 15) is 4.79 Å². The number of H-pyrrole nitrogens is 1. The average Bonchev–Trinajstić information content (AvgIpc) is 3.40. The van der Waals surface area contributed by atoms with Crippen LogP contribution in [0, 0.1) is 5.92 Å². The standard InChI is InChI=1S/C24H26ClN9O2/c1-2-16-20(25)19-21(30-16)31-24(36-13-6-18-17(29-7-13)4-3-5-28-18)32-22(19)33-10-14(15(27)11-33)23(35)34-8-12(26)9-34/h3-7,12,14-15H,2,8-11,26-27H2,1H3,(H,30,31,32)/t14-,15+/m1/s1. The molecule has 0 saturated carbocycles. The molecular weight excluding hydrogens is 482 g/mol. The van der Waals surface area contributed by atoms with Crippen molar-refractivity contribution in [1.29, 1.82) is 0 Å². The number of aromatic nitrogens is 5. The summed E-state index contributed by atoms with van der Waals surface area (Å²) in [4.78, 5) is 38.1. The minimum atomic E-state index is -0.356. The predicted molar refractivity (Wildman–Crippen MR) is 136 cm³/mol. The van der Waals surface area contributed by atoms with Crippen LogP contribution >= 0.6 is 11.6 Å². The molecule has 11 nitrogen and oxygen atoms in total. The van der Waals surface area contributed by atoms with Crippen molar-refractivity contribution in [3.05, 3.63) is 41.3 Å². The molecule has 2 aliphatic heterocycles. The molecule has 2 saturated heterocycles. The quantitative estimate of drug-likeness (QED) is 0.367. The van der Waals surface area contributed by atoms with E-state index in [2.05, 4.69) is 19.9 Å². The van der Waals surface area contributed by atoms with E-state index in [1.807, 2.05) is 24.0 Å². The molecule has 1 amide bonds. The van der Waals surface area contributed by atoms with E-state index >= 15 is 0 Å². The van der Waals surface area contributed by atoms with Gasteiger partial charge in [-0.25, -0.2) is 0 Å². The van der Waals surface area contributed by atoms with Crippen LogP contribution < -0.4 is 21.1 Å². The number of aryl methyl sites for hydroxylation is 1. The van der Waals surface area contributed by atoms with Crippen molar-refractivity contribution in [3.63, 3.8) is 0 Å². The van der Waals surface area contributed by atoms with Gasteiger partial charge in [-0.1, -0.05) is 18.5 Å². The van der Waals surface area contributed by atoms with Crippen LogP contribution in [-0.4, -0.2) is 74.0 Å². The first-order valence-electron chi connectivity index (χ1n) is 11.9. The number of anilines is 1. The van der Waals surface area contributed by atoms with Crippen LogP contribution in [0.5, 0.6) is 11.8 Å². The number of likely N-dealkylation sites (tertiary alicyclic amines) is 1. The van der Waals surface area contributed by atoms with E-state index in [-0.39, 0.29) is 29.9 Å². The molecule has 0 radical (unpaired) electrons. The molecule has 0 bridgehead atoms. The van der Waals surface area contributed by atoms with E-state index in [1.54, 1.807) is 23.4 Å².